The predicted molar refractivity (Wildman–Crippen MR) is 88.5 cm³/mol. The number of fused-ring (bicyclic) bond motifs is 1. The molecule has 2 fully saturated rings. The molecule has 0 spiro atoms. The zero-order valence-electron chi connectivity index (χ0n) is 13.6. The summed E-state index contributed by atoms with van der Waals surface area (Å²) in [6.07, 6.45) is 2.69. The van der Waals surface area contributed by atoms with Crippen LogP contribution in [0.3, 0.4) is 0 Å². The molecule has 124 valence electrons. The summed E-state index contributed by atoms with van der Waals surface area (Å²) in [5.41, 5.74) is 1.12. The van der Waals surface area contributed by atoms with Gasteiger partial charge in [0, 0.05) is 32.2 Å². The number of ether oxygens (including phenoxy) is 1. The number of rotatable bonds is 2. The Hall–Kier alpha value is -1.59. The summed E-state index contributed by atoms with van der Waals surface area (Å²) in [6, 6.07) is 8.51. The lowest BCUT2D eigenvalue weighted by molar-refractivity contribution is -0.108. The van der Waals surface area contributed by atoms with Crippen LogP contribution < -0.4 is 4.90 Å². The lowest BCUT2D eigenvalue weighted by Gasteiger charge is -2.48. The van der Waals surface area contributed by atoms with Crippen LogP contribution in [-0.4, -0.2) is 42.0 Å². The Kier molecular flexibility index (Phi) is 3.77. The second kappa shape index (κ2) is 5.80. The van der Waals surface area contributed by atoms with E-state index in [1.54, 1.807) is 0 Å². The molecule has 1 N–H and O–H groups in total. The molecule has 2 unspecified atom stereocenters. The Labute approximate surface area is 136 Å². The van der Waals surface area contributed by atoms with E-state index >= 15 is 0 Å². The number of hydrogen-bond donors (Lipinski definition) is 1. The highest BCUT2D eigenvalue weighted by molar-refractivity contribution is 5.74. The Morgan fingerprint density at radius 1 is 1.26 bits per heavy atom. The van der Waals surface area contributed by atoms with Crippen LogP contribution in [0.15, 0.2) is 28.7 Å². The Bertz CT molecular complexity index is 647. The van der Waals surface area contributed by atoms with E-state index in [2.05, 4.69) is 16.8 Å². The van der Waals surface area contributed by atoms with Crippen LogP contribution in [0.4, 0.5) is 6.01 Å². The number of piperidine rings is 1. The van der Waals surface area contributed by atoms with Gasteiger partial charge >= 0.3 is 0 Å². The molecule has 1 aromatic carbocycles. The zero-order valence-corrected chi connectivity index (χ0v) is 13.6. The molecule has 0 bridgehead atoms. The van der Waals surface area contributed by atoms with Crippen molar-refractivity contribution in [3.63, 3.8) is 0 Å². The average molecular weight is 316 g/mol. The fourth-order valence-corrected chi connectivity index (χ4v) is 4.11. The highest BCUT2D eigenvalue weighted by Crippen LogP contribution is 2.40. The van der Waals surface area contributed by atoms with E-state index in [1.807, 2.05) is 24.3 Å². The van der Waals surface area contributed by atoms with E-state index in [0.29, 0.717) is 11.9 Å². The molecule has 0 radical (unpaired) electrons. The van der Waals surface area contributed by atoms with Gasteiger partial charge in [0.05, 0.1) is 5.60 Å². The maximum absolute atomic E-state index is 11.2. The molecule has 5 nitrogen and oxygen atoms in total. The first-order valence-electron chi connectivity index (χ1n) is 8.57. The lowest BCUT2D eigenvalue weighted by atomic mass is 9.70. The Balaban J connectivity index is 1.52. The number of oxazole rings is 1. The van der Waals surface area contributed by atoms with Crippen LogP contribution in [-0.2, 0) is 4.74 Å². The maximum Gasteiger partial charge on any atom is 0.298 e. The summed E-state index contributed by atoms with van der Waals surface area (Å²) in [6.45, 7) is 5.25. The van der Waals surface area contributed by atoms with E-state index in [9.17, 15) is 5.11 Å². The van der Waals surface area contributed by atoms with Crippen LogP contribution in [0.25, 0.3) is 11.1 Å². The van der Waals surface area contributed by atoms with Crippen molar-refractivity contribution >= 4 is 17.1 Å². The SMILES string of the molecule is CC1CN(c2nc3ccccc3o2)CCC1(O)C1CCOCC1. The quantitative estimate of drug-likeness (QED) is 0.923. The minimum absolute atomic E-state index is 0.189. The molecule has 0 aliphatic carbocycles. The maximum atomic E-state index is 11.2. The number of nitrogens with zero attached hydrogens (tertiary/aromatic N) is 2. The molecule has 1 aromatic heterocycles. The van der Waals surface area contributed by atoms with E-state index in [-0.39, 0.29) is 5.92 Å². The number of para-hydroxylation sites is 2. The molecule has 2 aromatic rings. The van der Waals surface area contributed by atoms with Crippen LogP contribution in [0.1, 0.15) is 26.2 Å². The average Bonchev–Trinajstić information content (AvgIpc) is 3.02. The monoisotopic (exact) mass is 316 g/mol. The van der Waals surface area contributed by atoms with E-state index < -0.39 is 5.60 Å². The van der Waals surface area contributed by atoms with Crippen molar-refractivity contribution in [3.05, 3.63) is 24.3 Å². The molecule has 0 amide bonds. The van der Waals surface area contributed by atoms with Crippen molar-refractivity contribution in [3.8, 4) is 0 Å². The number of aliphatic hydroxyl groups is 1. The van der Waals surface area contributed by atoms with Crippen LogP contribution in [0, 0.1) is 11.8 Å². The number of benzene rings is 1. The van der Waals surface area contributed by atoms with Gasteiger partial charge in [-0.1, -0.05) is 19.1 Å². The van der Waals surface area contributed by atoms with Crippen molar-refractivity contribution in [2.45, 2.75) is 31.8 Å². The highest BCUT2D eigenvalue weighted by Gasteiger charge is 2.45. The van der Waals surface area contributed by atoms with Gasteiger partial charge in [-0.2, -0.15) is 4.98 Å². The van der Waals surface area contributed by atoms with Gasteiger partial charge in [0.25, 0.3) is 6.01 Å². The van der Waals surface area contributed by atoms with Crippen molar-refractivity contribution < 1.29 is 14.3 Å². The molecule has 5 heteroatoms. The number of hydrogen-bond acceptors (Lipinski definition) is 5. The molecule has 2 atom stereocenters. The summed E-state index contributed by atoms with van der Waals surface area (Å²) in [5, 5.41) is 11.2. The molecular formula is C18H24N2O3. The minimum Gasteiger partial charge on any atom is -0.423 e. The van der Waals surface area contributed by atoms with Gasteiger partial charge < -0.3 is 19.2 Å². The topological polar surface area (TPSA) is 58.7 Å². The molecule has 2 saturated heterocycles. The molecule has 2 aliphatic heterocycles. The second-order valence-corrected chi connectivity index (χ2v) is 6.94. The van der Waals surface area contributed by atoms with Gasteiger partial charge in [-0.25, -0.2) is 0 Å². The largest absolute Gasteiger partial charge is 0.423 e. The van der Waals surface area contributed by atoms with Crippen molar-refractivity contribution in [1.82, 2.24) is 4.98 Å². The molecule has 2 aliphatic rings. The lowest BCUT2D eigenvalue weighted by Crippen LogP contribution is -2.56. The molecule has 0 saturated carbocycles. The van der Waals surface area contributed by atoms with Crippen molar-refractivity contribution in [1.29, 1.82) is 0 Å². The smallest absolute Gasteiger partial charge is 0.298 e. The fraction of sp³-hybridized carbons (Fsp3) is 0.611. The predicted octanol–water partition coefficient (Wildman–Crippen LogP) is 2.83. The van der Waals surface area contributed by atoms with Crippen LogP contribution in [0.5, 0.6) is 0 Å². The number of anilines is 1. The third kappa shape index (κ3) is 2.62. The van der Waals surface area contributed by atoms with Crippen molar-refractivity contribution in [2.24, 2.45) is 11.8 Å². The van der Waals surface area contributed by atoms with E-state index in [0.717, 1.165) is 56.7 Å². The van der Waals surface area contributed by atoms with Gasteiger partial charge in [-0.05, 0) is 37.3 Å². The van der Waals surface area contributed by atoms with Gasteiger partial charge in [0.1, 0.15) is 5.52 Å². The second-order valence-electron chi connectivity index (χ2n) is 6.94. The zero-order chi connectivity index (χ0) is 15.9. The van der Waals surface area contributed by atoms with Crippen molar-refractivity contribution in [2.75, 3.05) is 31.2 Å². The minimum atomic E-state index is -0.591. The van der Waals surface area contributed by atoms with E-state index in [4.69, 9.17) is 9.15 Å². The van der Waals surface area contributed by atoms with Crippen LogP contribution >= 0.6 is 0 Å². The summed E-state index contributed by atoms with van der Waals surface area (Å²) in [4.78, 5) is 6.75. The highest BCUT2D eigenvalue weighted by atomic mass is 16.5. The first-order chi connectivity index (χ1) is 11.2. The van der Waals surface area contributed by atoms with Gasteiger partial charge in [-0.15, -0.1) is 0 Å². The summed E-state index contributed by atoms with van der Waals surface area (Å²) in [5.74, 6) is 0.534. The first-order valence-corrected chi connectivity index (χ1v) is 8.57. The standard InChI is InChI=1S/C18H24N2O3/c1-13-12-20(17-19-15-4-2-3-5-16(15)23-17)9-8-18(13,21)14-6-10-22-11-7-14/h2-5,13-14,21H,6-12H2,1H3. The van der Waals surface area contributed by atoms with Gasteiger partial charge in [0.2, 0.25) is 0 Å². The first kappa shape index (κ1) is 15.0. The van der Waals surface area contributed by atoms with Gasteiger partial charge in [-0.3, -0.25) is 0 Å². The summed E-state index contributed by atoms with van der Waals surface area (Å²) in [7, 11) is 0. The molecular weight excluding hydrogens is 292 g/mol. The Morgan fingerprint density at radius 2 is 2.04 bits per heavy atom. The normalized spacial score (nSPS) is 30.0. The molecule has 3 heterocycles. The number of aromatic nitrogens is 1. The fourth-order valence-electron chi connectivity index (χ4n) is 4.11. The Morgan fingerprint density at radius 3 is 2.78 bits per heavy atom. The molecule has 23 heavy (non-hydrogen) atoms. The molecule has 4 rings (SSSR count). The third-order valence-electron chi connectivity index (χ3n) is 5.61. The van der Waals surface area contributed by atoms with E-state index in [1.165, 1.54) is 0 Å². The summed E-state index contributed by atoms with van der Waals surface area (Å²) < 4.78 is 11.3. The van der Waals surface area contributed by atoms with Crippen LogP contribution in [0.2, 0.25) is 0 Å². The van der Waals surface area contributed by atoms with Gasteiger partial charge in [0.15, 0.2) is 5.58 Å². The summed E-state index contributed by atoms with van der Waals surface area (Å²) >= 11 is 0. The third-order valence-corrected chi connectivity index (χ3v) is 5.61.